The molecular weight excluding hydrogens is 232 g/mol. The van der Waals surface area contributed by atoms with Gasteiger partial charge in [-0.1, -0.05) is 0 Å². The molecular formula is C9H18N2O4S. The van der Waals surface area contributed by atoms with Crippen LogP contribution in [-0.2, 0) is 15.6 Å². The first kappa shape index (κ1) is 14.9. The normalized spacial score (nSPS) is 15.9. The minimum Gasteiger partial charge on any atom is -0.481 e. The first-order valence-corrected chi connectivity index (χ1v) is 6.64. The lowest BCUT2D eigenvalue weighted by Crippen LogP contribution is -2.46. The molecule has 0 rings (SSSR count). The van der Waals surface area contributed by atoms with Crippen LogP contribution in [0.25, 0.3) is 0 Å². The zero-order valence-corrected chi connectivity index (χ0v) is 10.5. The standard InChI is InChI=1S/C9H18N2O4S/c1-6(8(12)13)7(2)11-9(14)10-4-5-16(3)15/h6-7H,4-5H2,1-3H3,(H,12,13)(H2,10,11,14). The fraction of sp³-hybridized carbons (Fsp3) is 0.778. The van der Waals surface area contributed by atoms with Gasteiger partial charge in [0.05, 0.1) is 5.92 Å². The van der Waals surface area contributed by atoms with E-state index >= 15 is 0 Å². The van der Waals surface area contributed by atoms with Crippen molar-refractivity contribution < 1.29 is 18.9 Å². The topological polar surface area (TPSA) is 95.5 Å². The Morgan fingerprint density at radius 3 is 2.38 bits per heavy atom. The summed E-state index contributed by atoms with van der Waals surface area (Å²) >= 11 is 0. The molecule has 3 atom stereocenters. The van der Waals surface area contributed by atoms with Gasteiger partial charge in [0.1, 0.15) is 0 Å². The maximum absolute atomic E-state index is 11.2. The van der Waals surface area contributed by atoms with Crippen LogP contribution in [0.5, 0.6) is 0 Å². The summed E-state index contributed by atoms with van der Waals surface area (Å²) in [5.74, 6) is -1.22. The van der Waals surface area contributed by atoms with Crippen molar-refractivity contribution in [1.29, 1.82) is 0 Å². The zero-order chi connectivity index (χ0) is 12.7. The van der Waals surface area contributed by atoms with E-state index < -0.39 is 34.8 Å². The largest absolute Gasteiger partial charge is 0.481 e. The molecule has 0 aromatic heterocycles. The highest BCUT2D eigenvalue weighted by atomic mass is 32.2. The molecule has 0 heterocycles. The number of carboxylic acids is 1. The first-order chi connectivity index (χ1) is 7.34. The number of amides is 2. The lowest BCUT2D eigenvalue weighted by molar-refractivity contribution is -0.141. The van der Waals surface area contributed by atoms with E-state index in [-0.39, 0.29) is 0 Å². The average Bonchev–Trinajstić information content (AvgIpc) is 2.15. The molecule has 7 heteroatoms. The van der Waals surface area contributed by atoms with E-state index in [0.29, 0.717) is 12.3 Å². The van der Waals surface area contributed by atoms with E-state index in [1.807, 2.05) is 0 Å². The molecule has 3 N–H and O–H groups in total. The Bertz CT molecular complexity index is 283. The van der Waals surface area contributed by atoms with Gasteiger partial charge in [-0.2, -0.15) is 0 Å². The van der Waals surface area contributed by atoms with Crippen LogP contribution in [0.2, 0.25) is 0 Å². The lowest BCUT2D eigenvalue weighted by atomic mass is 10.0. The van der Waals surface area contributed by atoms with Crippen LogP contribution in [-0.4, -0.2) is 45.9 Å². The maximum atomic E-state index is 11.2. The number of urea groups is 1. The van der Waals surface area contributed by atoms with Crippen molar-refractivity contribution in [2.45, 2.75) is 19.9 Å². The predicted molar refractivity (Wildman–Crippen MR) is 61.7 cm³/mol. The third kappa shape index (κ3) is 6.39. The smallest absolute Gasteiger partial charge is 0.315 e. The number of carbonyl (C=O) groups is 2. The number of hydrogen-bond donors (Lipinski definition) is 3. The molecule has 6 nitrogen and oxygen atoms in total. The van der Waals surface area contributed by atoms with Gasteiger partial charge in [0.25, 0.3) is 0 Å². The summed E-state index contributed by atoms with van der Waals surface area (Å²) in [6, 6.07) is -0.893. The summed E-state index contributed by atoms with van der Waals surface area (Å²) in [7, 11) is -0.947. The summed E-state index contributed by atoms with van der Waals surface area (Å²) in [4.78, 5) is 21.9. The van der Waals surface area contributed by atoms with Crippen LogP contribution >= 0.6 is 0 Å². The van der Waals surface area contributed by atoms with Crippen molar-refractivity contribution in [3.05, 3.63) is 0 Å². The highest BCUT2D eigenvalue weighted by Crippen LogP contribution is 2.01. The molecule has 2 amide bonds. The van der Waals surface area contributed by atoms with Gasteiger partial charge in [-0.3, -0.25) is 9.00 Å². The van der Waals surface area contributed by atoms with E-state index in [2.05, 4.69) is 10.6 Å². The lowest BCUT2D eigenvalue weighted by Gasteiger charge is -2.17. The number of rotatable bonds is 6. The van der Waals surface area contributed by atoms with Crippen molar-refractivity contribution in [3.63, 3.8) is 0 Å². The van der Waals surface area contributed by atoms with E-state index in [1.165, 1.54) is 6.92 Å². The van der Waals surface area contributed by atoms with Gasteiger partial charge in [0.2, 0.25) is 0 Å². The second-order valence-electron chi connectivity index (χ2n) is 3.59. The molecule has 0 aliphatic rings. The molecule has 0 aliphatic heterocycles. The third-order valence-corrected chi connectivity index (χ3v) is 2.95. The summed E-state index contributed by atoms with van der Waals surface area (Å²) in [6.07, 6.45) is 1.55. The molecule has 0 radical (unpaired) electrons. The van der Waals surface area contributed by atoms with Gasteiger partial charge in [-0.05, 0) is 13.8 Å². The molecule has 94 valence electrons. The number of carbonyl (C=O) groups excluding carboxylic acids is 1. The Hall–Kier alpha value is -1.11. The van der Waals surface area contributed by atoms with Gasteiger partial charge in [-0.15, -0.1) is 0 Å². The quantitative estimate of drug-likeness (QED) is 0.607. The molecule has 0 fully saturated rings. The summed E-state index contributed by atoms with van der Waals surface area (Å²) in [6.45, 7) is 3.45. The van der Waals surface area contributed by atoms with Crippen molar-refractivity contribution in [1.82, 2.24) is 10.6 Å². The molecule has 0 aliphatic carbocycles. The Balaban J connectivity index is 3.87. The second kappa shape index (κ2) is 7.21. The zero-order valence-electron chi connectivity index (χ0n) is 9.65. The minimum atomic E-state index is -0.956. The highest BCUT2D eigenvalue weighted by Gasteiger charge is 2.20. The van der Waals surface area contributed by atoms with Crippen LogP contribution < -0.4 is 10.6 Å². The van der Waals surface area contributed by atoms with Crippen molar-refractivity contribution >= 4 is 22.8 Å². The molecule has 0 aromatic carbocycles. The van der Waals surface area contributed by atoms with Crippen LogP contribution in [0.15, 0.2) is 0 Å². The molecule has 0 spiro atoms. The Morgan fingerprint density at radius 2 is 1.94 bits per heavy atom. The monoisotopic (exact) mass is 250 g/mol. The number of hydrogen-bond acceptors (Lipinski definition) is 3. The molecule has 0 aromatic rings. The molecule has 3 unspecified atom stereocenters. The molecule has 16 heavy (non-hydrogen) atoms. The van der Waals surface area contributed by atoms with Crippen LogP contribution in [0.1, 0.15) is 13.8 Å². The van der Waals surface area contributed by atoms with Gasteiger partial charge in [0, 0.05) is 35.4 Å². The molecule has 0 bridgehead atoms. The fourth-order valence-electron chi connectivity index (χ4n) is 0.905. The first-order valence-electron chi connectivity index (χ1n) is 4.91. The number of carboxylic acid groups (broad SMARTS) is 1. The average molecular weight is 250 g/mol. The van der Waals surface area contributed by atoms with Crippen LogP contribution in [0.4, 0.5) is 4.79 Å². The molecule has 0 saturated carbocycles. The summed E-state index contributed by atoms with van der Waals surface area (Å²) in [5, 5.41) is 13.7. The van der Waals surface area contributed by atoms with Crippen molar-refractivity contribution in [3.8, 4) is 0 Å². The predicted octanol–water partition coefficient (Wildman–Crippen LogP) is -0.227. The molecule has 0 saturated heterocycles. The fourth-order valence-corrected chi connectivity index (χ4v) is 1.29. The summed E-state index contributed by atoms with van der Waals surface area (Å²) < 4.78 is 10.7. The second-order valence-corrected chi connectivity index (χ2v) is 5.15. The van der Waals surface area contributed by atoms with Gasteiger partial charge in [-0.25, -0.2) is 4.79 Å². The van der Waals surface area contributed by atoms with E-state index in [4.69, 9.17) is 5.11 Å². The van der Waals surface area contributed by atoms with E-state index in [9.17, 15) is 13.8 Å². The Morgan fingerprint density at radius 1 is 1.38 bits per heavy atom. The third-order valence-electron chi connectivity index (χ3n) is 2.17. The van der Waals surface area contributed by atoms with E-state index in [1.54, 1.807) is 13.2 Å². The van der Waals surface area contributed by atoms with Crippen molar-refractivity contribution in [2.75, 3.05) is 18.6 Å². The van der Waals surface area contributed by atoms with Gasteiger partial charge >= 0.3 is 12.0 Å². The SMILES string of the molecule is CC(NC(=O)NCCS(C)=O)C(C)C(=O)O. The van der Waals surface area contributed by atoms with Crippen molar-refractivity contribution in [2.24, 2.45) is 5.92 Å². The van der Waals surface area contributed by atoms with E-state index in [0.717, 1.165) is 0 Å². The van der Waals surface area contributed by atoms with Gasteiger partial charge < -0.3 is 15.7 Å². The van der Waals surface area contributed by atoms with Crippen LogP contribution in [0, 0.1) is 5.92 Å². The summed E-state index contributed by atoms with van der Waals surface area (Å²) in [5.41, 5.74) is 0. The minimum absolute atomic E-state index is 0.309. The Labute approximate surface area is 97.3 Å². The highest BCUT2D eigenvalue weighted by molar-refractivity contribution is 7.84. The number of nitrogens with one attached hydrogen (secondary N) is 2. The van der Waals surface area contributed by atoms with Gasteiger partial charge in [0.15, 0.2) is 0 Å². The Kier molecular flexibility index (Phi) is 6.71. The number of aliphatic carboxylic acids is 1. The van der Waals surface area contributed by atoms with Crippen LogP contribution in [0.3, 0.4) is 0 Å². The maximum Gasteiger partial charge on any atom is 0.315 e.